The summed E-state index contributed by atoms with van der Waals surface area (Å²) < 4.78 is 3.52. The molecule has 0 spiro atoms. The summed E-state index contributed by atoms with van der Waals surface area (Å²) in [6, 6.07) is 1.97. The highest BCUT2D eigenvalue weighted by molar-refractivity contribution is 6.06. The van der Waals surface area contributed by atoms with E-state index < -0.39 is 0 Å². The Balaban J connectivity index is 1.74. The van der Waals surface area contributed by atoms with Crippen molar-refractivity contribution in [3.8, 4) is 0 Å². The molecule has 7 heteroatoms. The van der Waals surface area contributed by atoms with Gasteiger partial charge in [-0.2, -0.15) is 10.2 Å². The maximum absolute atomic E-state index is 13.2. The highest BCUT2D eigenvalue weighted by Crippen LogP contribution is 2.40. The lowest BCUT2D eigenvalue weighted by atomic mass is 10.1. The molecule has 0 atom stereocenters. The molecule has 1 aliphatic carbocycles. The quantitative estimate of drug-likeness (QED) is 0.731. The number of carbonyl (C=O) groups excluding carboxylic acids is 1. The predicted molar refractivity (Wildman–Crippen MR) is 94.2 cm³/mol. The smallest absolute Gasteiger partial charge is 0.254 e. The van der Waals surface area contributed by atoms with Gasteiger partial charge in [-0.05, 0) is 25.8 Å². The van der Waals surface area contributed by atoms with Gasteiger partial charge >= 0.3 is 0 Å². The molecule has 0 aliphatic heterocycles. The molecule has 3 heterocycles. The molecule has 1 fully saturated rings. The van der Waals surface area contributed by atoms with Crippen molar-refractivity contribution in [2.75, 3.05) is 7.05 Å². The summed E-state index contributed by atoms with van der Waals surface area (Å²) in [4.78, 5) is 19.7. The maximum atomic E-state index is 13.2. The molecule has 1 saturated carbocycles. The second-order valence-corrected chi connectivity index (χ2v) is 6.96. The molecule has 1 amide bonds. The molecule has 3 aromatic rings. The second-order valence-electron chi connectivity index (χ2n) is 6.96. The van der Waals surface area contributed by atoms with Crippen LogP contribution in [0.2, 0.25) is 0 Å². The van der Waals surface area contributed by atoms with Crippen molar-refractivity contribution in [3.63, 3.8) is 0 Å². The molecule has 0 unspecified atom stereocenters. The van der Waals surface area contributed by atoms with E-state index in [-0.39, 0.29) is 5.91 Å². The van der Waals surface area contributed by atoms with Gasteiger partial charge in [0, 0.05) is 51.1 Å². The van der Waals surface area contributed by atoms with Gasteiger partial charge in [0.15, 0.2) is 5.65 Å². The number of aryl methyl sites for hydroxylation is 3. The third-order valence-corrected chi connectivity index (χ3v) is 4.74. The van der Waals surface area contributed by atoms with Crippen LogP contribution in [0.15, 0.2) is 18.5 Å². The van der Waals surface area contributed by atoms with E-state index in [1.165, 1.54) is 0 Å². The Hall–Kier alpha value is -2.70. The van der Waals surface area contributed by atoms with Crippen molar-refractivity contribution in [3.05, 3.63) is 41.0 Å². The maximum Gasteiger partial charge on any atom is 0.254 e. The summed E-state index contributed by atoms with van der Waals surface area (Å²) in [5.74, 6) is 0.476. The van der Waals surface area contributed by atoms with Gasteiger partial charge in [0.2, 0.25) is 0 Å². The van der Waals surface area contributed by atoms with Gasteiger partial charge in [-0.3, -0.25) is 14.2 Å². The van der Waals surface area contributed by atoms with Crippen molar-refractivity contribution in [2.24, 2.45) is 14.1 Å². The Morgan fingerprint density at radius 2 is 2.12 bits per heavy atom. The fourth-order valence-corrected chi connectivity index (χ4v) is 3.33. The van der Waals surface area contributed by atoms with Crippen molar-refractivity contribution in [1.82, 2.24) is 29.4 Å². The minimum Gasteiger partial charge on any atom is -0.337 e. The summed E-state index contributed by atoms with van der Waals surface area (Å²) in [7, 11) is 5.58. The van der Waals surface area contributed by atoms with Crippen LogP contribution < -0.4 is 0 Å². The molecular weight excluding hydrogens is 316 g/mol. The van der Waals surface area contributed by atoms with E-state index in [0.717, 1.165) is 40.8 Å². The standard InChI is InChI=1S/C18H22N6O/c1-11-16-14(18(25)22(2)9-12-8-19-23(3)10-12)7-15(13-5-6-13)20-17(16)24(4)21-11/h7-8,10,13H,5-6,9H2,1-4H3. The fourth-order valence-electron chi connectivity index (χ4n) is 3.33. The van der Waals surface area contributed by atoms with Crippen LogP contribution >= 0.6 is 0 Å². The highest BCUT2D eigenvalue weighted by atomic mass is 16.2. The molecule has 7 nitrogen and oxygen atoms in total. The van der Waals surface area contributed by atoms with Crippen molar-refractivity contribution in [2.45, 2.75) is 32.2 Å². The van der Waals surface area contributed by atoms with Gasteiger partial charge in [0.05, 0.1) is 22.8 Å². The average molecular weight is 338 g/mol. The third kappa shape index (κ3) is 2.79. The lowest BCUT2D eigenvalue weighted by molar-refractivity contribution is 0.0787. The second kappa shape index (κ2) is 5.68. The summed E-state index contributed by atoms with van der Waals surface area (Å²) >= 11 is 0. The van der Waals surface area contributed by atoms with Crippen LogP contribution in [0.25, 0.3) is 11.0 Å². The molecular formula is C18H22N6O. The van der Waals surface area contributed by atoms with Gasteiger partial charge in [0.1, 0.15) is 0 Å². The molecule has 0 N–H and O–H groups in total. The number of nitrogens with zero attached hydrogens (tertiary/aromatic N) is 6. The summed E-state index contributed by atoms with van der Waals surface area (Å²) in [5.41, 5.74) is 4.34. The molecule has 0 bridgehead atoms. The van der Waals surface area contributed by atoms with Gasteiger partial charge in [-0.15, -0.1) is 0 Å². The van der Waals surface area contributed by atoms with Gasteiger partial charge < -0.3 is 4.90 Å². The van der Waals surface area contributed by atoms with E-state index in [9.17, 15) is 4.79 Å². The van der Waals surface area contributed by atoms with E-state index in [0.29, 0.717) is 18.0 Å². The Morgan fingerprint density at radius 3 is 2.76 bits per heavy atom. The zero-order valence-corrected chi connectivity index (χ0v) is 15.0. The van der Waals surface area contributed by atoms with Crippen LogP contribution in [0.5, 0.6) is 0 Å². The normalized spacial score (nSPS) is 14.2. The highest BCUT2D eigenvalue weighted by Gasteiger charge is 2.29. The lowest BCUT2D eigenvalue weighted by Crippen LogP contribution is -2.26. The molecule has 0 saturated heterocycles. The number of hydrogen-bond acceptors (Lipinski definition) is 4. The first-order chi connectivity index (χ1) is 11.9. The van der Waals surface area contributed by atoms with Crippen LogP contribution in [-0.4, -0.2) is 42.4 Å². The zero-order valence-electron chi connectivity index (χ0n) is 15.0. The molecule has 1 aliphatic rings. The number of hydrogen-bond donors (Lipinski definition) is 0. The summed E-state index contributed by atoms with van der Waals surface area (Å²) in [5, 5.41) is 9.50. The topological polar surface area (TPSA) is 68.8 Å². The fraction of sp³-hybridized carbons (Fsp3) is 0.444. The number of pyridine rings is 1. The van der Waals surface area contributed by atoms with Gasteiger partial charge in [-0.1, -0.05) is 0 Å². The monoisotopic (exact) mass is 338 g/mol. The summed E-state index contributed by atoms with van der Waals surface area (Å²) in [6.07, 6.45) is 6.01. The minimum absolute atomic E-state index is 0.00532. The Labute approximate surface area is 146 Å². The largest absolute Gasteiger partial charge is 0.337 e. The van der Waals surface area contributed by atoms with Crippen LogP contribution in [0.3, 0.4) is 0 Å². The number of fused-ring (bicyclic) bond motifs is 1. The van der Waals surface area contributed by atoms with Crippen molar-refractivity contribution >= 4 is 16.9 Å². The molecule has 25 heavy (non-hydrogen) atoms. The van der Waals surface area contributed by atoms with Crippen molar-refractivity contribution in [1.29, 1.82) is 0 Å². The van der Waals surface area contributed by atoms with Crippen LogP contribution in [-0.2, 0) is 20.6 Å². The van der Waals surface area contributed by atoms with E-state index in [1.54, 1.807) is 20.5 Å². The van der Waals surface area contributed by atoms with Gasteiger partial charge in [0.25, 0.3) is 5.91 Å². The molecule has 3 aromatic heterocycles. The summed E-state index contributed by atoms with van der Waals surface area (Å²) in [6.45, 7) is 2.45. The van der Waals surface area contributed by atoms with Gasteiger partial charge in [-0.25, -0.2) is 4.98 Å². The van der Waals surface area contributed by atoms with Crippen LogP contribution in [0, 0.1) is 6.92 Å². The van der Waals surface area contributed by atoms with Crippen molar-refractivity contribution < 1.29 is 4.79 Å². The predicted octanol–water partition coefficient (Wildman–Crippen LogP) is 2.16. The average Bonchev–Trinajstić information content (AvgIpc) is 3.29. The zero-order chi connectivity index (χ0) is 17.7. The Morgan fingerprint density at radius 1 is 1.36 bits per heavy atom. The number of carbonyl (C=O) groups is 1. The van der Waals surface area contributed by atoms with Crippen LogP contribution in [0.1, 0.15) is 46.1 Å². The van der Waals surface area contributed by atoms with E-state index in [2.05, 4.69) is 10.2 Å². The minimum atomic E-state index is -0.00532. The first-order valence-corrected chi connectivity index (χ1v) is 8.51. The number of rotatable bonds is 4. The first-order valence-electron chi connectivity index (χ1n) is 8.51. The molecule has 130 valence electrons. The number of aromatic nitrogens is 5. The van der Waals surface area contributed by atoms with E-state index in [1.807, 2.05) is 40.3 Å². The lowest BCUT2D eigenvalue weighted by Gasteiger charge is -2.17. The first kappa shape index (κ1) is 15.8. The van der Waals surface area contributed by atoms with Crippen LogP contribution in [0.4, 0.5) is 0 Å². The van der Waals surface area contributed by atoms with E-state index in [4.69, 9.17) is 4.98 Å². The number of amides is 1. The molecule has 0 radical (unpaired) electrons. The third-order valence-electron chi connectivity index (χ3n) is 4.74. The molecule has 4 rings (SSSR count). The van der Waals surface area contributed by atoms with E-state index >= 15 is 0 Å². The molecule has 0 aromatic carbocycles. The SMILES string of the molecule is Cc1nn(C)c2nc(C3CC3)cc(C(=O)N(C)Cc3cnn(C)c3)c12. The Bertz CT molecular complexity index is 966. The Kier molecular flexibility index (Phi) is 3.59.